The van der Waals surface area contributed by atoms with E-state index >= 15 is 0 Å². The highest BCUT2D eigenvalue weighted by molar-refractivity contribution is 7.89. The molecule has 1 atom stereocenters. The summed E-state index contributed by atoms with van der Waals surface area (Å²) in [4.78, 5) is 12.8. The maximum Gasteiger partial charge on any atom is 0.416 e. The Bertz CT molecular complexity index is 971. The van der Waals surface area contributed by atoms with E-state index in [4.69, 9.17) is 0 Å². The number of piperidine rings is 1. The summed E-state index contributed by atoms with van der Waals surface area (Å²) in [5, 5.41) is 3.36. The molecule has 5 nitrogen and oxygen atoms in total. The summed E-state index contributed by atoms with van der Waals surface area (Å²) in [5.41, 5.74) is -0.939. The van der Waals surface area contributed by atoms with E-state index in [0.29, 0.717) is 19.4 Å². The smallest absolute Gasteiger partial charge is 0.351 e. The molecule has 0 spiro atoms. The molecule has 0 radical (unpaired) electrons. The number of benzene rings is 1. The van der Waals surface area contributed by atoms with Crippen molar-refractivity contribution in [2.45, 2.75) is 74.4 Å². The van der Waals surface area contributed by atoms with Crippen LogP contribution in [0.3, 0.4) is 0 Å². The number of halogens is 3. The lowest BCUT2D eigenvalue weighted by Crippen LogP contribution is -2.60. The average molecular weight is 485 g/mol. The first-order valence-electron chi connectivity index (χ1n) is 12.0. The van der Waals surface area contributed by atoms with Gasteiger partial charge in [0.05, 0.1) is 10.5 Å². The topological polar surface area (TPSA) is 66.5 Å². The molecular weight excluding hydrogens is 453 g/mol. The molecule has 9 heteroatoms. The SMILES string of the molecule is O=C(CC1CCCN(S(=O)(=O)c2ccc(C(F)(F)F)cc2)C1)NC12CC3CC(CC(C3)C1)C2. The van der Waals surface area contributed by atoms with Gasteiger partial charge in [0.25, 0.3) is 0 Å². The minimum atomic E-state index is -4.51. The summed E-state index contributed by atoms with van der Waals surface area (Å²) in [6, 6.07) is 3.63. The Morgan fingerprint density at radius 1 is 1.03 bits per heavy atom. The second-order valence-electron chi connectivity index (χ2n) is 10.8. The maximum atomic E-state index is 13.0. The number of hydrogen-bond acceptors (Lipinski definition) is 3. The van der Waals surface area contributed by atoms with Gasteiger partial charge in [-0.25, -0.2) is 8.42 Å². The predicted molar refractivity (Wildman–Crippen MR) is 117 cm³/mol. The molecular formula is C24H31F3N2O3S. The van der Waals surface area contributed by atoms with Crippen molar-refractivity contribution in [2.24, 2.45) is 23.7 Å². The molecule has 33 heavy (non-hydrogen) atoms. The zero-order chi connectivity index (χ0) is 23.4. The van der Waals surface area contributed by atoms with E-state index in [9.17, 15) is 26.4 Å². The van der Waals surface area contributed by atoms with Crippen LogP contribution >= 0.6 is 0 Å². The molecule has 1 saturated heterocycles. The van der Waals surface area contributed by atoms with Gasteiger partial charge in [0.15, 0.2) is 0 Å². The summed E-state index contributed by atoms with van der Waals surface area (Å²) in [7, 11) is -3.90. The number of hydrogen-bond donors (Lipinski definition) is 1. The number of sulfonamides is 1. The largest absolute Gasteiger partial charge is 0.416 e. The third-order valence-corrected chi connectivity index (χ3v) is 10.1. The third kappa shape index (κ3) is 4.67. The summed E-state index contributed by atoms with van der Waals surface area (Å²) in [5.74, 6) is 2.12. The van der Waals surface area contributed by atoms with E-state index in [2.05, 4.69) is 5.32 Å². The summed E-state index contributed by atoms with van der Waals surface area (Å²) >= 11 is 0. The van der Waals surface area contributed by atoms with Crippen molar-refractivity contribution in [3.05, 3.63) is 29.8 Å². The third-order valence-electron chi connectivity index (χ3n) is 8.22. The number of alkyl halides is 3. The first kappa shape index (κ1) is 23.1. The lowest BCUT2D eigenvalue weighted by molar-refractivity contribution is -0.137. The van der Waals surface area contributed by atoms with Crippen molar-refractivity contribution < 1.29 is 26.4 Å². The van der Waals surface area contributed by atoms with Crippen LogP contribution < -0.4 is 5.32 Å². The molecule has 1 N–H and O–H groups in total. The van der Waals surface area contributed by atoms with Gasteiger partial charge in [0.2, 0.25) is 15.9 Å². The van der Waals surface area contributed by atoms with Crippen LogP contribution in [-0.2, 0) is 21.0 Å². The van der Waals surface area contributed by atoms with Crippen molar-refractivity contribution in [1.29, 1.82) is 0 Å². The second kappa shape index (κ2) is 8.26. The van der Waals surface area contributed by atoms with Crippen molar-refractivity contribution in [1.82, 2.24) is 9.62 Å². The van der Waals surface area contributed by atoms with Crippen LogP contribution in [0.4, 0.5) is 13.2 Å². The van der Waals surface area contributed by atoms with Gasteiger partial charge >= 0.3 is 6.18 Å². The molecule has 1 unspecified atom stereocenters. The molecule has 182 valence electrons. The molecule has 4 bridgehead atoms. The van der Waals surface area contributed by atoms with E-state index in [1.807, 2.05) is 0 Å². The minimum Gasteiger partial charge on any atom is -0.351 e. The lowest BCUT2D eigenvalue weighted by Gasteiger charge is -2.57. The average Bonchev–Trinajstić information content (AvgIpc) is 2.72. The molecule has 0 aromatic heterocycles. The van der Waals surface area contributed by atoms with Crippen LogP contribution in [-0.4, -0.2) is 37.3 Å². The zero-order valence-corrected chi connectivity index (χ0v) is 19.4. The standard InChI is InChI=1S/C24H31F3N2O3S/c25-24(26,27)20-3-5-21(6-4-20)33(31,32)29-7-1-2-16(15-29)11-22(30)28-23-12-17-8-18(13-23)10-19(9-17)14-23/h3-6,16-19H,1-2,7-15H2,(H,28,30). The Kier molecular flexibility index (Phi) is 5.79. The number of carbonyl (C=O) groups excluding carboxylic acids is 1. The molecule has 1 aliphatic heterocycles. The molecule has 6 rings (SSSR count). The normalized spacial score (nSPS) is 34.4. The van der Waals surface area contributed by atoms with Crippen molar-refractivity contribution in [2.75, 3.05) is 13.1 Å². The van der Waals surface area contributed by atoms with E-state index in [0.717, 1.165) is 67.7 Å². The molecule has 4 saturated carbocycles. The van der Waals surface area contributed by atoms with Crippen LogP contribution in [0.15, 0.2) is 29.2 Å². The van der Waals surface area contributed by atoms with Crippen LogP contribution in [0, 0.1) is 23.7 Å². The van der Waals surface area contributed by atoms with Crippen molar-refractivity contribution in [3.8, 4) is 0 Å². The van der Waals surface area contributed by atoms with E-state index < -0.39 is 21.8 Å². The fraction of sp³-hybridized carbons (Fsp3) is 0.708. The molecule has 5 fully saturated rings. The molecule has 1 aromatic rings. The van der Waals surface area contributed by atoms with Gasteiger partial charge in [-0.05, 0) is 99.3 Å². The second-order valence-corrected chi connectivity index (χ2v) is 12.8. The Morgan fingerprint density at radius 3 is 2.15 bits per heavy atom. The van der Waals surface area contributed by atoms with E-state index in [-0.39, 0.29) is 28.8 Å². The van der Waals surface area contributed by atoms with Gasteiger partial charge in [0, 0.05) is 25.0 Å². The number of rotatable bonds is 5. The lowest BCUT2D eigenvalue weighted by atomic mass is 9.53. The summed E-state index contributed by atoms with van der Waals surface area (Å²) < 4.78 is 65.8. The summed E-state index contributed by atoms with van der Waals surface area (Å²) in [6.07, 6.45) is 4.31. The Morgan fingerprint density at radius 2 is 1.61 bits per heavy atom. The molecule has 5 aliphatic rings. The van der Waals surface area contributed by atoms with E-state index in [1.54, 1.807) is 0 Å². The van der Waals surface area contributed by atoms with Crippen LogP contribution in [0.5, 0.6) is 0 Å². The Balaban J connectivity index is 1.21. The van der Waals surface area contributed by atoms with Crippen LogP contribution in [0.1, 0.15) is 63.4 Å². The van der Waals surface area contributed by atoms with Crippen LogP contribution in [0.2, 0.25) is 0 Å². The van der Waals surface area contributed by atoms with E-state index in [1.165, 1.54) is 23.6 Å². The van der Waals surface area contributed by atoms with Gasteiger partial charge in [-0.1, -0.05) is 0 Å². The molecule has 1 amide bonds. The quantitative estimate of drug-likeness (QED) is 0.665. The highest BCUT2D eigenvalue weighted by Crippen LogP contribution is 2.55. The zero-order valence-electron chi connectivity index (χ0n) is 18.6. The van der Waals surface area contributed by atoms with Gasteiger partial charge < -0.3 is 5.32 Å². The maximum absolute atomic E-state index is 13.0. The minimum absolute atomic E-state index is 0.00993. The fourth-order valence-corrected chi connectivity index (χ4v) is 8.80. The van der Waals surface area contributed by atoms with Crippen LogP contribution in [0.25, 0.3) is 0 Å². The highest BCUT2D eigenvalue weighted by atomic mass is 32.2. The predicted octanol–water partition coefficient (Wildman–Crippen LogP) is 4.58. The number of carbonyl (C=O) groups is 1. The van der Waals surface area contributed by atoms with Gasteiger partial charge in [-0.2, -0.15) is 17.5 Å². The number of amides is 1. The van der Waals surface area contributed by atoms with Crippen molar-refractivity contribution >= 4 is 15.9 Å². The Hall–Kier alpha value is -1.61. The van der Waals surface area contributed by atoms with Crippen molar-refractivity contribution in [3.63, 3.8) is 0 Å². The van der Waals surface area contributed by atoms with Gasteiger partial charge in [-0.15, -0.1) is 0 Å². The monoisotopic (exact) mass is 484 g/mol. The van der Waals surface area contributed by atoms with Gasteiger partial charge in [0.1, 0.15) is 0 Å². The fourth-order valence-electron chi connectivity index (χ4n) is 7.25. The number of nitrogens with one attached hydrogen (secondary N) is 1. The molecule has 1 heterocycles. The first-order chi connectivity index (χ1) is 15.5. The molecule has 4 aliphatic carbocycles. The van der Waals surface area contributed by atoms with Gasteiger partial charge in [-0.3, -0.25) is 4.79 Å². The Labute approximate surface area is 193 Å². The molecule has 1 aromatic carbocycles. The first-order valence-corrected chi connectivity index (χ1v) is 13.4. The highest BCUT2D eigenvalue weighted by Gasteiger charge is 2.51. The number of nitrogens with zero attached hydrogens (tertiary/aromatic N) is 1. The summed E-state index contributed by atoms with van der Waals surface area (Å²) in [6.45, 7) is 0.536.